The molecule has 0 saturated carbocycles. The molecule has 0 fully saturated rings. The summed E-state index contributed by atoms with van der Waals surface area (Å²) in [7, 11) is 0. The molecule has 0 saturated heterocycles. The topological polar surface area (TPSA) is 101 Å². The van der Waals surface area contributed by atoms with E-state index >= 15 is 0 Å². The molecule has 130 valence electrons. The maximum atomic E-state index is 12.5. The van der Waals surface area contributed by atoms with Crippen molar-refractivity contribution in [3.05, 3.63) is 70.3 Å². The largest absolute Gasteiger partial charge is 0.384 e. The Balaban J connectivity index is 1.60. The lowest BCUT2D eigenvalue weighted by molar-refractivity contribution is 0.0951. The second kappa shape index (κ2) is 6.64. The van der Waals surface area contributed by atoms with Gasteiger partial charge in [-0.15, -0.1) is 5.10 Å². The van der Waals surface area contributed by atoms with Gasteiger partial charge < -0.3 is 16.0 Å². The highest BCUT2D eigenvalue weighted by Crippen LogP contribution is 2.19. The molecule has 0 spiro atoms. The number of benzene rings is 1. The third-order valence-electron chi connectivity index (χ3n) is 3.96. The van der Waals surface area contributed by atoms with Crippen LogP contribution in [-0.2, 0) is 6.54 Å². The number of fused-ring (bicyclic) bond motifs is 1. The van der Waals surface area contributed by atoms with Crippen molar-refractivity contribution in [1.29, 1.82) is 0 Å². The zero-order valence-electron chi connectivity index (χ0n) is 13.6. The molecule has 4 rings (SSSR count). The van der Waals surface area contributed by atoms with Crippen LogP contribution in [0.2, 0.25) is 0 Å². The minimum Gasteiger partial charge on any atom is -0.384 e. The van der Waals surface area contributed by atoms with E-state index in [1.807, 2.05) is 36.4 Å². The summed E-state index contributed by atoms with van der Waals surface area (Å²) in [6.45, 7) is 0.408. The number of aromatic nitrogens is 4. The first kappa shape index (κ1) is 16.3. The monoisotopic (exact) mass is 410 g/mol. The fourth-order valence-corrected chi connectivity index (χ4v) is 3.07. The van der Waals surface area contributed by atoms with Crippen LogP contribution < -0.4 is 11.1 Å². The Morgan fingerprint density at radius 1 is 1.23 bits per heavy atom. The third kappa shape index (κ3) is 3.06. The summed E-state index contributed by atoms with van der Waals surface area (Å²) < 4.78 is 2.46. The van der Waals surface area contributed by atoms with Crippen molar-refractivity contribution in [3.63, 3.8) is 0 Å². The molecule has 0 atom stereocenters. The maximum absolute atomic E-state index is 12.5. The molecule has 8 heteroatoms. The number of hydrogen-bond acceptors (Lipinski definition) is 4. The average molecular weight is 411 g/mol. The van der Waals surface area contributed by atoms with Gasteiger partial charge in [0.15, 0.2) is 11.5 Å². The van der Waals surface area contributed by atoms with Gasteiger partial charge in [0.05, 0.1) is 5.69 Å². The lowest BCUT2D eigenvalue weighted by atomic mass is 10.2. The van der Waals surface area contributed by atoms with E-state index in [-0.39, 0.29) is 5.91 Å². The van der Waals surface area contributed by atoms with Crippen LogP contribution in [0.4, 0.5) is 5.82 Å². The van der Waals surface area contributed by atoms with Gasteiger partial charge in [-0.3, -0.25) is 4.79 Å². The van der Waals surface area contributed by atoms with Crippen molar-refractivity contribution in [2.45, 2.75) is 6.54 Å². The zero-order valence-corrected chi connectivity index (χ0v) is 15.2. The van der Waals surface area contributed by atoms with Gasteiger partial charge in [-0.1, -0.05) is 34.1 Å². The van der Waals surface area contributed by atoms with Crippen molar-refractivity contribution >= 4 is 33.3 Å². The van der Waals surface area contributed by atoms with Crippen LogP contribution in [0.25, 0.3) is 17.2 Å². The molecule has 0 bridgehead atoms. The van der Waals surface area contributed by atoms with Gasteiger partial charge in [-0.25, -0.2) is 4.98 Å². The van der Waals surface area contributed by atoms with Crippen LogP contribution in [0, 0.1) is 0 Å². The number of pyridine rings is 1. The molecule has 0 aliphatic carbocycles. The quantitative estimate of drug-likeness (QED) is 0.481. The van der Waals surface area contributed by atoms with Crippen LogP contribution in [0.1, 0.15) is 15.9 Å². The van der Waals surface area contributed by atoms with E-state index in [0.29, 0.717) is 29.4 Å². The van der Waals surface area contributed by atoms with Crippen LogP contribution in [0.5, 0.6) is 0 Å². The average Bonchev–Trinajstić information content (AvgIpc) is 3.30. The van der Waals surface area contributed by atoms with E-state index in [0.717, 1.165) is 15.7 Å². The maximum Gasteiger partial charge on any atom is 0.251 e. The molecule has 7 nitrogen and oxygen atoms in total. The van der Waals surface area contributed by atoms with Crippen molar-refractivity contribution in [2.24, 2.45) is 0 Å². The molecule has 1 amide bonds. The van der Waals surface area contributed by atoms with E-state index in [1.54, 1.807) is 18.3 Å². The number of carbonyl (C=O) groups excluding carboxylic acids is 1. The van der Waals surface area contributed by atoms with Crippen molar-refractivity contribution < 1.29 is 4.79 Å². The molecule has 1 aromatic carbocycles. The Kier molecular flexibility index (Phi) is 4.18. The summed E-state index contributed by atoms with van der Waals surface area (Å²) in [6, 6.07) is 14.7. The van der Waals surface area contributed by atoms with Crippen molar-refractivity contribution in [3.8, 4) is 11.5 Å². The number of rotatable bonds is 4. The molecule has 4 N–H and O–H groups in total. The van der Waals surface area contributed by atoms with E-state index in [9.17, 15) is 4.79 Å². The first-order valence-electron chi connectivity index (χ1n) is 7.93. The molecule has 0 aliphatic rings. The van der Waals surface area contributed by atoms with E-state index in [1.165, 1.54) is 4.52 Å². The Bertz CT molecular complexity index is 1090. The number of hydrogen-bond donors (Lipinski definition) is 3. The summed E-state index contributed by atoms with van der Waals surface area (Å²) in [4.78, 5) is 20.0. The first-order chi connectivity index (χ1) is 12.6. The Morgan fingerprint density at radius 3 is 2.85 bits per heavy atom. The number of anilines is 1. The molecule has 3 aromatic heterocycles. The summed E-state index contributed by atoms with van der Waals surface area (Å²) >= 11 is 3.47. The third-order valence-corrected chi connectivity index (χ3v) is 4.74. The predicted molar refractivity (Wildman–Crippen MR) is 102 cm³/mol. The van der Waals surface area contributed by atoms with Gasteiger partial charge in [0.1, 0.15) is 5.82 Å². The van der Waals surface area contributed by atoms with Crippen LogP contribution >= 0.6 is 15.9 Å². The SMILES string of the molecule is Nc1cc(C(=O)NCc2ccccc2Br)cc2nc(-c3ccc[nH]3)nn12. The van der Waals surface area contributed by atoms with E-state index in [2.05, 4.69) is 36.3 Å². The lowest BCUT2D eigenvalue weighted by Gasteiger charge is -2.08. The van der Waals surface area contributed by atoms with E-state index < -0.39 is 0 Å². The molecule has 3 heterocycles. The predicted octanol–water partition coefficient (Wildman–Crippen LogP) is 3.00. The molecule has 0 aliphatic heterocycles. The number of amides is 1. The summed E-state index contributed by atoms with van der Waals surface area (Å²) in [5, 5.41) is 7.27. The smallest absolute Gasteiger partial charge is 0.251 e. The zero-order chi connectivity index (χ0) is 18.1. The first-order valence-corrected chi connectivity index (χ1v) is 8.73. The summed E-state index contributed by atoms with van der Waals surface area (Å²) in [5.41, 5.74) is 8.78. The highest BCUT2D eigenvalue weighted by Gasteiger charge is 2.14. The van der Waals surface area contributed by atoms with E-state index in [4.69, 9.17) is 5.73 Å². The standard InChI is InChI=1S/C18H15BrN6O/c19-13-5-2-1-4-11(13)10-22-18(26)12-8-15(20)25-16(9-12)23-17(24-25)14-6-3-7-21-14/h1-9,21H,10,20H2,(H,22,26). The number of nitrogens with one attached hydrogen (secondary N) is 2. The van der Waals surface area contributed by atoms with Gasteiger partial charge in [0, 0.05) is 22.8 Å². The Morgan fingerprint density at radius 2 is 2.08 bits per heavy atom. The number of nitrogens with two attached hydrogens (primary N) is 1. The lowest BCUT2D eigenvalue weighted by Crippen LogP contribution is -2.23. The van der Waals surface area contributed by atoms with Crippen LogP contribution in [0.3, 0.4) is 0 Å². The molecular formula is C18H15BrN6O. The number of aromatic amines is 1. The molecular weight excluding hydrogens is 396 g/mol. The van der Waals surface area contributed by atoms with Gasteiger partial charge in [-0.05, 0) is 35.9 Å². The van der Waals surface area contributed by atoms with Gasteiger partial charge >= 0.3 is 0 Å². The minimum absolute atomic E-state index is 0.223. The highest BCUT2D eigenvalue weighted by atomic mass is 79.9. The highest BCUT2D eigenvalue weighted by molar-refractivity contribution is 9.10. The Labute approximate surface area is 157 Å². The van der Waals surface area contributed by atoms with Gasteiger partial charge in [0.25, 0.3) is 5.91 Å². The molecule has 0 unspecified atom stereocenters. The van der Waals surface area contributed by atoms with Gasteiger partial charge in [0.2, 0.25) is 0 Å². The summed E-state index contributed by atoms with van der Waals surface area (Å²) in [6.07, 6.45) is 1.80. The normalized spacial score (nSPS) is 11.0. The van der Waals surface area contributed by atoms with Gasteiger partial charge in [-0.2, -0.15) is 4.52 Å². The number of halogens is 1. The second-order valence-electron chi connectivity index (χ2n) is 5.73. The van der Waals surface area contributed by atoms with Crippen LogP contribution in [-0.4, -0.2) is 25.5 Å². The fourth-order valence-electron chi connectivity index (χ4n) is 2.64. The molecule has 26 heavy (non-hydrogen) atoms. The number of carbonyl (C=O) groups is 1. The molecule has 0 radical (unpaired) electrons. The Hall–Kier alpha value is -3.13. The summed E-state index contributed by atoms with van der Waals surface area (Å²) in [5.74, 6) is 0.644. The van der Waals surface area contributed by atoms with Crippen molar-refractivity contribution in [1.82, 2.24) is 24.9 Å². The molecule has 4 aromatic rings. The fraction of sp³-hybridized carbons (Fsp3) is 0.0556. The number of nitrogens with zero attached hydrogens (tertiary/aromatic N) is 3. The van der Waals surface area contributed by atoms with Crippen molar-refractivity contribution in [2.75, 3.05) is 5.73 Å². The second-order valence-corrected chi connectivity index (χ2v) is 6.59. The van der Waals surface area contributed by atoms with Crippen LogP contribution in [0.15, 0.2) is 59.2 Å². The number of H-pyrrole nitrogens is 1. The number of nitrogen functional groups attached to an aromatic ring is 1. The minimum atomic E-state index is -0.223.